The van der Waals surface area contributed by atoms with Gasteiger partial charge in [0.15, 0.2) is 0 Å². The number of hydrogen-bond acceptors (Lipinski definition) is 2. The third-order valence-electron chi connectivity index (χ3n) is 4.62. The quantitative estimate of drug-likeness (QED) is 0.849. The molecule has 1 aromatic carbocycles. The molecule has 2 atom stereocenters. The molecule has 1 N–H and O–H groups in total. The van der Waals surface area contributed by atoms with Gasteiger partial charge in [0.1, 0.15) is 5.92 Å². The van der Waals surface area contributed by atoms with E-state index in [0.29, 0.717) is 10.0 Å². The van der Waals surface area contributed by atoms with Crippen LogP contribution in [0, 0.1) is 22.7 Å². The van der Waals surface area contributed by atoms with Crippen LogP contribution in [0.15, 0.2) is 18.2 Å². The maximum absolute atomic E-state index is 12.5. The second kappa shape index (κ2) is 6.89. The minimum Gasteiger partial charge on any atom is -0.348 e. The topological polar surface area (TPSA) is 52.9 Å². The van der Waals surface area contributed by atoms with Gasteiger partial charge in [-0.3, -0.25) is 4.79 Å². The molecule has 1 aliphatic carbocycles. The molecule has 2 rings (SSSR count). The Hall–Kier alpha value is -1.24. The van der Waals surface area contributed by atoms with Gasteiger partial charge in [0.05, 0.1) is 12.1 Å². The lowest BCUT2D eigenvalue weighted by atomic mass is 9.75. The van der Waals surface area contributed by atoms with Crippen molar-refractivity contribution in [2.45, 2.75) is 45.6 Å². The molecule has 0 aliphatic heterocycles. The van der Waals surface area contributed by atoms with Crippen molar-refractivity contribution < 1.29 is 4.79 Å². The molecular weight excluding hydrogens is 319 g/mol. The van der Waals surface area contributed by atoms with Crippen molar-refractivity contribution in [3.05, 3.63) is 33.8 Å². The Morgan fingerprint density at radius 2 is 2.00 bits per heavy atom. The minimum atomic E-state index is -0.622. The molecule has 0 spiro atoms. The predicted octanol–water partition coefficient (Wildman–Crippen LogP) is 4.89. The summed E-state index contributed by atoms with van der Waals surface area (Å²) < 4.78 is 0. The summed E-state index contributed by atoms with van der Waals surface area (Å²) in [5, 5.41) is 13.4. The summed E-state index contributed by atoms with van der Waals surface area (Å²) in [5.74, 6) is -0.839. The monoisotopic (exact) mass is 338 g/mol. The van der Waals surface area contributed by atoms with Crippen molar-refractivity contribution in [1.82, 2.24) is 5.32 Å². The fourth-order valence-corrected chi connectivity index (χ4v) is 3.80. The van der Waals surface area contributed by atoms with Crippen molar-refractivity contribution in [2.75, 3.05) is 0 Å². The largest absolute Gasteiger partial charge is 0.348 e. The third kappa shape index (κ3) is 3.56. The number of carbonyl (C=O) groups is 1. The fraction of sp³-hybridized carbons (Fsp3) is 0.529. The lowest BCUT2D eigenvalue weighted by Gasteiger charge is -2.29. The zero-order valence-electron chi connectivity index (χ0n) is 12.8. The third-order valence-corrected chi connectivity index (χ3v) is 5.18. The average molecular weight is 339 g/mol. The number of halogens is 2. The molecule has 0 aromatic heterocycles. The zero-order valence-corrected chi connectivity index (χ0v) is 14.3. The lowest BCUT2D eigenvalue weighted by molar-refractivity contribution is -0.127. The van der Waals surface area contributed by atoms with Crippen LogP contribution in [0.25, 0.3) is 0 Å². The van der Waals surface area contributed by atoms with E-state index in [-0.39, 0.29) is 17.4 Å². The number of carbonyl (C=O) groups excluding carboxylic acids is 1. The van der Waals surface area contributed by atoms with Gasteiger partial charge in [-0.05, 0) is 42.9 Å². The van der Waals surface area contributed by atoms with E-state index in [1.807, 2.05) is 13.8 Å². The van der Waals surface area contributed by atoms with Gasteiger partial charge in [0.2, 0.25) is 5.91 Å². The molecule has 1 aliphatic rings. The van der Waals surface area contributed by atoms with Crippen LogP contribution in [0.3, 0.4) is 0 Å². The number of nitriles is 1. The summed E-state index contributed by atoms with van der Waals surface area (Å²) in [6.45, 7) is 3.89. The van der Waals surface area contributed by atoms with E-state index in [0.717, 1.165) is 31.2 Å². The summed E-state index contributed by atoms with van der Waals surface area (Å²) in [7, 11) is 0. The maximum atomic E-state index is 12.5. The molecule has 0 radical (unpaired) electrons. The Balaban J connectivity index is 2.11. The Labute approximate surface area is 141 Å². The first-order valence-corrected chi connectivity index (χ1v) is 8.28. The van der Waals surface area contributed by atoms with E-state index in [1.54, 1.807) is 18.2 Å². The highest BCUT2D eigenvalue weighted by atomic mass is 35.5. The SMILES string of the molecule is CC(NC(=O)C(C#N)C1(C)CCCC1)c1ccc(Cl)cc1Cl. The highest BCUT2D eigenvalue weighted by molar-refractivity contribution is 6.35. The second-order valence-electron chi connectivity index (χ2n) is 6.32. The number of hydrogen-bond donors (Lipinski definition) is 1. The Morgan fingerprint density at radius 1 is 1.36 bits per heavy atom. The molecule has 3 nitrogen and oxygen atoms in total. The van der Waals surface area contributed by atoms with Crippen LogP contribution in [-0.4, -0.2) is 5.91 Å². The van der Waals surface area contributed by atoms with Crippen molar-refractivity contribution >= 4 is 29.1 Å². The second-order valence-corrected chi connectivity index (χ2v) is 7.16. The highest BCUT2D eigenvalue weighted by Gasteiger charge is 2.41. The van der Waals surface area contributed by atoms with E-state index < -0.39 is 5.92 Å². The first-order chi connectivity index (χ1) is 10.4. The van der Waals surface area contributed by atoms with Crippen molar-refractivity contribution in [2.24, 2.45) is 11.3 Å². The summed E-state index contributed by atoms with van der Waals surface area (Å²) in [4.78, 5) is 12.5. The van der Waals surface area contributed by atoms with Crippen molar-refractivity contribution in [3.63, 3.8) is 0 Å². The van der Waals surface area contributed by atoms with Gasteiger partial charge in [-0.1, -0.05) is 49.0 Å². The molecule has 5 heteroatoms. The molecular formula is C17H20Cl2N2O. The first-order valence-electron chi connectivity index (χ1n) is 7.52. The molecule has 118 valence electrons. The molecule has 0 saturated heterocycles. The van der Waals surface area contributed by atoms with Crippen LogP contribution in [-0.2, 0) is 4.79 Å². The molecule has 1 aromatic rings. The van der Waals surface area contributed by atoms with Crippen LogP contribution in [0.4, 0.5) is 0 Å². The van der Waals surface area contributed by atoms with Crippen LogP contribution in [0.2, 0.25) is 10.0 Å². The number of rotatable bonds is 4. The van der Waals surface area contributed by atoms with Crippen LogP contribution >= 0.6 is 23.2 Å². The number of amides is 1. The van der Waals surface area contributed by atoms with Crippen LogP contribution < -0.4 is 5.32 Å². The molecule has 0 bridgehead atoms. The highest BCUT2D eigenvalue weighted by Crippen LogP contribution is 2.44. The maximum Gasteiger partial charge on any atom is 0.238 e. The van der Waals surface area contributed by atoms with Gasteiger partial charge in [0.25, 0.3) is 0 Å². The Bertz CT molecular complexity index is 603. The van der Waals surface area contributed by atoms with Crippen molar-refractivity contribution in [3.8, 4) is 6.07 Å². The molecule has 22 heavy (non-hydrogen) atoms. The summed E-state index contributed by atoms with van der Waals surface area (Å²) in [6.07, 6.45) is 4.02. The number of nitrogens with one attached hydrogen (secondary N) is 1. The summed E-state index contributed by atoms with van der Waals surface area (Å²) in [5.41, 5.74) is 0.579. The van der Waals surface area contributed by atoms with Gasteiger partial charge in [-0.2, -0.15) is 5.26 Å². The fourth-order valence-electron chi connectivity index (χ4n) is 3.23. The summed E-state index contributed by atoms with van der Waals surface area (Å²) >= 11 is 12.1. The van der Waals surface area contributed by atoms with Gasteiger partial charge >= 0.3 is 0 Å². The lowest BCUT2D eigenvalue weighted by Crippen LogP contribution is -2.39. The van der Waals surface area contributed by atoms with Gasteiger partial charge in [-0.15, -0.1) is 0 Å². The van der Waals surface area contributed by atoms with Gasteiger partial charge < -0.3 is 5.32 Å². The van der Waals surface area contributed by atoms with Gasteiger partial charge in [-0.25, -0.2) is 0 Å². The van der Waals surface area contributed by atoms with E-state index in [4.69, 9.17) is 23.2 Å². The molecule has 1 fully saturated rings. The first kappa shape index (κ1) is 17.1. The van der Waals surface area contributed by atoms with Crippen LogP contribution in [0.1, 0.15) is 51.1 Å². The Kier molecular flexibility index (Phi) is 5.36. The standard InChI is InChI=1S/C17H20Cl2N2O/c1-11(13-6-5-12(18)9-15(13)19)21-16(22)14(10-20)17(2)7-3-4-8-17/h5-6,9,11,14H,3-4,7-8H2,1-2H3,(H,21,22). The molecule has 2 unspecified atom stereocenters. The normalized spacial score (nSPS) is 19.2. The minimum absolute atomic E-state index is 0.217. The van der Waals surface area contributed by atoms with Crippen LogP contribution in [0.5, 0.6) is 0 Å². The molecule has 1 amide bonds. The molecule has 0 heterocycles. The average Bonchev–Trinajstić information content (AvgIpc) is 2.86. The summed E-state index contributed by atoms with van der Waals surface area (Å²) in [6, 6.07) is 7.13. The number of benzene rings is 1. The smallest absolute Gasteiger partial charge is 0.238 e. The van der Waals surface area contributed by atoms with E-state index >= 15 is 0 Å². The zero-order chi connectivity index (χ0) is 16.3. The molecule has 1 saturated carbocycles. The van der Waals surface area contributed by atoms with E-state index in [1.165, 1.54) is 0 Å². The van der Waals surface area contributed by atoms with Crippen molar-refractivity contribution in [1.29, 1.82) is 5.26 Å². The van der Waals surface area contributed by atoms with E-state index in [2.05, 4.69) is 11.4 Å². The van der Waals surface area contributed by atoms with E-state index in [9.17, 15) is 10.1 Å². The Morgan fingerprint density at radius 3 is 2.55 bits per heavy atom. The van der Waals surface area contributed by atoms with Gasteiger partial charge in [0, 0.05) is 10.0 Å². The predicted molar refractivity (Wildman–Crippen MR) is 88.7 cm³/mol. The number of nitrogens with zero attached hydrogens (tertiary/aromatic N) is 1.